The summed E-state index contributed by atoms with van der Waals surface area (Å²) in [5.41, 5.74) is 8.54. The van der Waals surface area contributed by atoms with E-state index in [9.17, 15) is 0 Å². The molecule has 0 saturated carbocycles. The second-order valence-corrected chi connectivity index (χ2v) is 6.76. The van der Waals surface area contributed by atoms with Gasteiger partial charge in [0.1, 0.15) is 0 Å². The normalized spacial score (nSPS) is 24.4. The standard InChI is InChI=1S/C16H22BrN3/c1-11-3-2-4-14(8-18)20(11)10-12-9-19-16-6-5-13(17)7-15(12)16/h5-7,9,11,14,19H,2-4,8,10,18H2,1H3. The molecular weight excluding hydrogens is 314 g/mol. The van der Waals surface area contributed by atoms with Crippen molar-refractivity contribution in [3.8, 4) is 0 Å². The molecule has 1 saturated heterocycles. The molecule has 0 bridgehead atoms. The summed E-state index contributed by atoms with van der Waals surface area (Å²) < 4.78 is 1.13. The lowest BCUT2D eigenvalue weighted by Gasteiger charge is -2.40. The third-order valence-corrected chi connectivity index (χ3v) is 5.04. The van der Waals surface area contributed by atoms with Gasteiger partial charge in [0, 0.05) is 46.7 Å². The van der Waals surface area contributed by atoms with Gasteiger partial charge < -0.3 is 10.7 Å². The lowest BCUT2D eigenvalue weighted by Crippen LogP contribution is -2.48. The first-order valence-corrected chi connectivity index (χ1v) is 8.19. The van der Waals surface area contributed by atoms with Crippen molar-refractivity contribution in [2.45, 2.75) is 44.8 Å². The van der Waals surface area contributed by atoms with Crippen LogP contribution in [-0.2, 0) is 6.54 Å². The highest BCUT2D eigenvalue weighted by molar-refractivity contribution is 9.10. The van der Waals surface area contributed by atoms with Gasteiger partial charge in [-0.15, -0.1) is 0 Å². The lowest BCUT2D eigenvalue weighted by molar-refractivity contribution is 0.0897. The molecule has 20 heavy (non-hydrogen) atoms. The van der Waals surface area contributed by atoms with Gasteiger partial charge >= 0.3 is 0 Å². The molecule has 0 aliphatic carbocycles. The van der Waals surface area contributed by atoms with Gasteiger partial charge in [-0.05, 0) is 43.5 Å². The van der Waals surface area contributed by atoms with Gasteiger partial charge in [-0.1, -0.05) is 22.4 Å². The van der Waals surface area contributed by atoms with Crippen molar-refractivity contribution in [1.82, 2.24) is 9.88 Å². The van der Waals surface area contributed by atoms with E-state index in [1.54, 1.807) is 0 Å². The Morgan fingerprint density at radius 1 is 1.40 bits per heavy atom. The van der Waals surface area contributed by atoms with Gasteiger partial charge in [-0.25, -0.2) is 0 Å². The number of benzene rings is 1. The molecule has 1 aromatic carbocycles. The highest BCUT2D eigenvalue weighted by Gasteiger charge is 2.27. The maximum atomic E-state index is 5.96. The molecule has 3 N–H and O–H groups in total. The maximum absolute atomic E-state index is 5.96. The SMILES string of the molecule is CC1CCCC(CN)N1Cc1c[nH]c2ccc(Br)cc12. The van der Waals surface area contributed by atoms with Crippen LogP contribution in [-0.4, -0.2) is 28.5 Å². The first-order chi connectivity index (χ1) is 9.69. The number of likely N-dealkylation sites (tertiary alicyclic amines) is 1. The van der Waals surface area contributed by atoms with E-state index in [0.29, 0.717) is 12.1 Å². The molecule has 1 aromatic heterocycles. The lowest BCUT2D eigenvalue weighted by atomic mass is 9.95. The number of aromatic amines is 1. The first kappa shape index (κ1) is 14.1. The Hall–Kier alpha value is -0.840. The molecule has 0 radical (unpaired) electrons. The maximum Gasteiger partial charge on any atom is 0.0458 e. The van der Waals surface area contributed by atoms with E-state index in [2.05, 4.69) is 57.1 Å². The Bertz CT molecular complexity index is 592. The first-order valence-electron chi connectivity index (χ1n) is 7.40. The molecule has 1 fully saturated rings. The average Bonchev–Trinajstić information content (AvgIpc) is 2.83. The Labute approximate surface area is 128 Å². The van der Waals surface area contributed by atoms with Crippen LogP contribution in [0.2, 0.25) is 0 Å². The summed E-state index contributed by atoms with van der Waals surface area (Å²) in [5.74, 6) is 0. The number of fused-ring (bicyclic) bond motifs is 1. The summed E-state index contributed by atoms with van der Waals surface area (Å²) in [4.78, 5) is 5.95. The largest absolute Gasteiger partial charge is 0.361 e. The fraction of sp³-hybridized carbons (Fsp3) is 0.500. The topological polar surface area (TPSA) is 45.0 Å². The van der Waals surface area contributed by atoms with Gasteiger partial charge in [-0.3, -0.25) is 4.90 Å². The van der Waals surface area contributed by atoms with E-state index in [1.807, 2.05) is 0 Å². The van der Waals surface area contributed by atoms with Crippen molar-refractivity contribution >= 4 is 26.8 Å². The predicted octanol–water partition coefficient (Wildman–Crippen LogP) is 3.63. The fourth-order valence-corrected chi connectivity index (χ4v) is 3.72. The highest BCUT2D eigenvalue weighted by atomic mass is 79.9. The van der Waals surface area contributed by atoms with Gasteiger partial charge in [0.15, 0.2) is 0 Å². The number of nitrogens with zero attached hydrogens (tertiary/aromatic N) is 1. The number of hydrogen-bond donors (Lipinski definition) is 2. The molecule has 108 valence electrons. The van der Waals surface area contributed by atoms with Gasteiger partial charge in [0.25, 0.3) is 0 Å². The zero-order chi connectivity index (χ0) is 14.1. The Balaban J connectivity index is 1.89. The zero-order valence-corrected chi connectivity index (χ0v) is 13.5. The quantitative estimate of drug-likeness (QED) is 0.899. The molecular formula is C16H22BrN3. The summed E-state index contributed by atoms with van der Waals surface area (Å²) in [5, 5.41) is 1.31. The molecule has 0 amide bonds. The minimum Gasteiger partial charge on any atom is -0.361 e. The van der Waals surface area contributed by atoms with Crippen LogP contribution in [0.3, 0.4) is 0 Å². The van der Waals surface area contributed by atoms with Crippen molar-refractivity contribution in [3.63, 3.8) is 0 Å². The third kappa shape index (κ3) is 2.65. The van der Waals surface area contributed by atoms with Gasteiger partial charge in [0.2, 0.25) is 0 Å². The monoisotopic (exact) mass is 335 g/mol. The second-order valence-electron chi connectivity index (χ2n) is 5.85. The predicted molar refractivity (Wildman–Crippen MR) is 87.7 cm³/mol. The number of nitrogens with one attached hydrogen (secondary N) is 1. The number of H-pyrrole nitrogens is 1. The molecule has 3 rings (SSSR count). The van der Waals surface area contributed by atoms with E-state index in [-0.39, 0.29) is 0 Å². The van der Waals surface area contributed by atoms with Gasteiger partial charge in [-0.2, -0.15) is 0 Å². The van der Waals surface area contributed by atoms with Crippen LogP contribution in [0.1, 0.15) is 31.7 Å². The van der Waals surface area contributed by atoms with Crippen molar-refractivity contribution in [3.05, 3.63) is 34.4 Å². The summed E-state index contributed by atoms with van der Waals surface area (Å²) in [7, 11) is 0. The van der Waals surface area contributed by atoms with E-state index >= 15 is 0 Å². The molecule has 4 heteroatoms. The molecule has 2 aromatic rings. The van der Waals surface area contributed by atoms with E-state index in [0.717, 1.165) is 17.6 Å². The van der Waals surface area contributed by atoms with E-state index in [1.165, 1.54) is 35.7 Å². The number of hydrogen-bond acceptors (Lipinski definition) is 2. The Kier molecular flexibility index (Phi) is 4.15. The van der Waals surface area contributed by atoms with E-state index in [4.69, 9.17) is 5.73 Å². The molecule has 2 atom stereocenters. The smallest absolute Gasteiger partial charge is 0.0458 e. The minimum atomic E-state index is 0.524. The van der Waals surface area contributed by atoms with Crippen LogP contribution in [0, 0.1) is 0 Å². The third-order valence-electron chi connectivity index (χ3n) is 4.55. The van der Waals surface area contributed by atoms with Crippen LogP contribution in [0.4, 0.5) is 0 Å². The van der Waals surface area contributed by atoms with Gasteiger partial charge in [0.05, 0.1) is 0 Å². The molecule has 1 aliphatic rings. The van der Waals surface area contributed by atoms with Crippen molar-refractivity contribution in [1.29, 1.82) is 0 Å². The van der Waals surface area contributed by atoms with Crippen LogP contribution in [0.25, 0.3) is 10.9 Å². The summed E-state index contributed by atoms with van der Waals surface area (Å²) in [6.07, 6.45) is 5.96. The summed E-state index contributed by atoms with van der Waals surface area (Å²) in [6.45, 7) is 4.07. The Morgan fingerprint density at radius 2 is 2.25 bits per heavy atom. The number of rotatable bonds is 3. The average molecular weight is 336 g/mol. The minimum absolute atomic E-state index is 0.524. The fourth-order valence-electron chi connectivity index (χ4n) is 3.36. The molecule has 2 heterocycles. The molecule has 1 aliphatic heterocycles. The summed E-state index contributed by atoms with van der Waals surface area (Å²) >= 11 is 3.57. The number of piperidine rings is 1. The Morgan fingerprint density at radius 3 is 3.05 bits per heavy atom. The zero-order valence-electron chi connectivity index (χ0n) is 11.9. The van der Waals surface area contributed by atoms with Crippen molar-refractivity contribution < 1.29 is 0 Å². The van der Waals surface area contributed by atoms with Crippen molar-refractivity contribution in [2.75, 3.05) is 6.54 Å². The van der Waals surface area contributed by atoms with Crippen LogP contribution in [0.5, 0.6) is 0 Å². The second kappa shape index (κ2) is 5.88. The molecule has 2 unspecified atom stereocenters. The van der Waals surface area contributed by atoms with Crippen LogP contribution in [0.15, 0.2) is 28.9 Å². The molecule has 3 nitrogen and oxygen atoms in total. The number of aromatic nitrogens is 1. The summed E-state index contributed by atoms with van der Waals surface area (Å²) in [6, 6.07) is 7.55. The number of halogens is 1. The van der Waals surface area contributed by atoms with Crippen LogP contribution >= 0.6 is 15.9 Å². The highest BCUT2D eigenvalue weighted by Crippen LogP contribution is 2.28. The van der Waals surface area contributed by atoms with Crippen molar-refractivity contribution in [2.24, 2.45) is 5.73 Å². The van der Waals surface area contributed by atoms with E-state index < -0.39 is 0 Å². The van der Waals surface area contributed by atoms with Crippen LogP contribution < -0.4 is 5.73 Å². The number of nitrogens with two attached hydrogens (primary N) is 1. The molecule has 0 spiro atoms.